The molecule has 3 aromatic rings. The van der Waals surface area contributed by atoms with Gasteiger partial charge >= 0.3 is 0 Å². The van der Waals surface area contributed by atoms with Crippen LogP contribution in [0, 0.1) is 0 Å². The smallest absolute Gasteiger partial charge is 0.104 e. The summed E-state index contributed by atoms with van der Waals surface area (Å²) in [5, 5.41) is 9.37. The van der Waals surface area contributed by atoms with Gasteiger partial charge in [-0.15, -0.1) is 0 Å². The molecule has 0 saturated carbocycles. The fourth-order valence-corrected chi connectivity index (χ4v) is 2.07. The van der Waals surface area contributed by atoms with Crippen molar-refractivity contribution >= 4 is 11.6 Å². The second-order valence-electron chi connectivity index (χ2n) is 4.42. The van der Waals surface area contributed by atoms with Crippen molar-refractivity contribution in [1.29, 1.82) is 0 Å². The van der Waals surface area contributed by atoms with Crippen LogP contribution in [0.1, 0.15) is 17.3 Å². The van der Waals surface area contributed by atoms with Crippen molar-refractivity contribution in [3.05, 3.63) is 77.1 Å². The summed E-state index contributed by atoms with van der Waals surface area (Å²) in [5.41, 5.74) is 8.78. The van der Waals surface area contributed by atoms with Crippen molar-refractivity contribution in [2.24, 2.45) is 5.73 Å². The minimum Gasteiger partial charge on any atom is -0.319 e. The largest absolute Gasteiger partial charge is 0.319 e. The zero-order chi connectivity index (χ0) is 13.9. The molecule has 0 amide bonds. The Morgan fingerprint density at radius 3 is 2.40 bits per heavy atom. The summed E-state index contributed by atoms with van der Waals surface area (Å²) in [5.74, 6) is 0. The van der Waals surface area contributed by atoms with E-state index in [2.05, 4.69) is 10.2 Å². The lowest BCUT2D eigenvalue weighted by Gasteiger charge is -2.08. The van der Waals surface area contributed by atoms with Crippen molar-refractivity contribution in [1.82, 2.24) is 15.0 Å². The lowest BCUT2D eigenvalue weighted by Crippen LogP contribution is -2.13. The first-order valence-corrected chi connectivity index (χ1v) is 6.60. The summed E-state index contributed by atoms with van der Waals surface area (Å²) in [6.07, 6.45) is 1.69. The maximum atomic E-state index is 6.20. The molecule has 1 atom stereocenters. The number of hydrogen-bond acceptors (Lipinski definition) is 3. The van der Waals surface area contributed by atoms with Crippen LogP contribution in [-0.4, -0.2) is 15.0 Å². The van der Waals surface area contributed by atoms with E-state index >= 15 is 0 Å². The molecule has 1 heterocycles. The van der Waals surface area contributed by atoms with Crippen LogP contribution in [-0.2, 0) is 0 Å². The van der Waals surface area contributed by atoms with Gasteiger partial charge in [0, 0.05) is 5.02 Å². The number of aromatic nitrogens is 3. The van der Waals surface area contributed by atoms with Gasteiger partial charge in [0.25, 0.3) is 0 Å². The number of hydrogen-bond donors (Lipinski definition) is 1. The molecule has 0 aliphatic heterocycles. The highest BCUT2D eigenvalue weighted by Gasteiger charge is 2.13. The molecular weight excluding hydrogens is 272 g/mol. The number of halogens is 1. The van der Waals surface area contributed by atoms with Crippen LogP contribution in [0.25, 0.3) is 5.69 Å². The Morgan fingerprint density at radius 2 is 1.70 bits per heavy atom. The maximum absolute atomic E-state index is 6.20. The van der Waals surface area contributed by atoms with E-state index < -0.39 is 0 Å². The summed E-state index contributed by atoms with van der Waals surface area (Å²) in [6, 6.07) is 16.8. The molecule has 0 aliphatic rings. The minimum atomic E-state index is -0.315. The molecule has 2 N–H and O–H groups in total. The Morgan fingerprint density at radius 1 is 1.00 bits per heavy atom. The van der Waals surface area contributed by atoms with E-state index in [0.29, 0.717) is 5.02 Å². The van der Waals surface area contributed by atoms with E-state index in [4.69, 9.17) is 17.3 Å². The standard InChI is InChI=1S/C15H13ClN4/c16-12-8-6-11(7-9-12)15(17)14-10-18-20(19-14)13-4-2-1-3-5-13/h1-10,15H,17H2. The van der Waals surface area contributed by atoms with E-state index in [0.717, 1.165) is 16.9 Å². The predicted octanol–water partition coefficient (Wildman–Crippen LogP) is 2.97. The molecule has 0 saturated heterocycles. The quantitative estimate of drug-likeness (QED) is 0.804. The van der Waals surface area contributed by atoms with Gasteiger partial charge in [-0.05, 0) is 29.8 Å². The topological polar surface area (TPSA) is 56.7 Å². The second-order valence-corrected chi connectivity index (χ2v) is 4.86. The Kier molecular flexibility index (Phi) is 3.50. The van der Waals surface area contributed by atoms with Crippen molar-refractivity contribution in [2.75, 3.05) is 0 Å². The number of benzene rings is 2. The predicted molar refractivity (Wildman–Crippen MR) is 78.8 cm³/mol. The van der Waals surface area contributed by atoms with E-state index in [1.54, 1.807) is 11.0 Å². The third-order valence-electron chi connectivity index (χ3n) is 3.04. The number of nitrogens with zero attached hydrogens (tertiary/aromatic N) is 3. The molecule has 20 heavy (non-hydrogen) atoms. The Bertz CT molecular complexity index is 691. The lowest BCUT2D eigenvalue weighted by molar-refractivity contribution is 0.720. The first kappa shape index (κ1) is 12.8. The average Bonchev–Trinajstić information content (AvgIpc) is 2.98. The van der Waals surface area contributed by atoms with Crippen molar-refractivity contribution in [3.63, 3.8) is 0 Å². The Balaban J connectivity index is 1.88. The van der Waals surface area contributed by atoms with E-state index in [1.165, 1.54) is 0 Å². The van der Waals surface area contributed by atoms with Gasteiger partial charge in [-0.25, -0.2) is 0 Å². The highest BCUT2D eigenvalue weighted by atomic mass is 35.5. The highest BCUT2D eigenvalue weighted by Crippen LogP contribution is 2.19. The van der Waals surface area contributed by atoms with Gasteiger partial charge in [0.1, 0.15) is 5.69 Å². The van der Waals surface area contributed by atoms with Gasteiger partial charge in [0.05, 0.1) is 17.9 Å². The normalized spacial score (nSPS) is 12.3. The van der Waals surface area contributed by atoms with E-state index in [-0.39, 0.29) is 6.04 Å². The summed E-state index contributed by atoms with van der Waals surface area (Å²) >= 11 is 5.87. The second kappa shape index (κ2) is 5.45. The highest BCUT2D eigenvalue weighted by molar-refractivity contribution is 6.30. The van der Waals surface area contributed by atoms with Gasteiger partial charge < -0.3 is 5.73 Å². The minimum absolute atomic E-state index is 0.315. The Labute approximate surface area is 121 Å². The fraction of sp³-hybridized carbons (Fsp3) is 0.0667. The molecule has 100 valence electrons. The summed E-state index contributed by atoms with van der Waals surface area (Å²) in [6.45, 7) is 0. The molecule has 1 aromatic heterocycles. The zero-order valence-electron chi connectivity index (χ0n) is 10.6. The van der Waals surface area contributed by atoms with Crippen LogP contribution in [0.5, 0.6) is 0 Å². The van der Waals surface area contributed by atoms with E-state index in [1.807, 2.05) is 54.6 Å². The molecule has 5 heteroatoms. The van der Waals surface area contributed by atoms with Crippen LogP contribution in [0.2, 0.25) is 5.02 Å². The number of para-hydroxylation sites is 1. The molecule has 0 radical (unpaired) electrons. The van der Waals surface area contributed by atoms with Crippen molar-refractivity contribution < 1.29 is 0 Å². The van der Waals surface area contributed by atoms with Crippen LogP contribution >= 0.6 is 11.6 Å². The van der Waals surface area contributed by atoms with Crippen LogP contribution in [0.15, 0.2) is 60.8 Å². The summed E-state index contributed by atoms with van der Waals surface area (Å²) in [7, 11) is 0. The molecule has 3 rings (SSSR count). The molecule has 0 spiro atoms. The molecule has 0 bridgehead atoms. The van der Waals surface area contributed by atoms with Gasteiger partial charge in [-0.1, -0.05) is 41.9 Å². The van der Waals surface area contributed by atoms with E-state index in [9.17, 15) is 0 Å². The molecule has 4 nitrogen and oxygen atoms in total. The third kappa shape index (κ3) is 2.57. The maximum Gasteiger partial charge on any atom is 0.104 e. The number of rotatable bonds is 3. The van der Waals surface area contributed by atoms with Gasteiger partial charge in [0.15, 0.2) is 0 Å². The molecule has 2 aromatic carbocycles. The summed E-state index contributed by atoms with van der Waals surface area (Å²) < 4.78 is 0. The fourth-order valence-electron chi connectivity index (χ4n) is 1.94. The van der Waals surface area contributed by atoms with Gasteiger partial charge in [-0.3, -0.25) is 0 Å². The van der Waals surface area contributed by atoms with Crippen molar-refractivity contribution in [2.45, 2.75) is 6.04 Å². The average molecular weight is 285 g/mol. The Hall–Kier alpha value is -2.17. The lowest BCUT2D eigenvalue weighted by atomic mass is 10.1. The molecule has 0 aliphatic carbocycles. The third-order valence-corrected chi connectivity index (χ3v) is 3.30. The molecule has 0 fully saturated rings. The van der Waals surface area contributed by atoms with Crippen molar-refractivity contribution in [3.8, 4) is 5.69 Å². The van der Waals surface area contributed by atoms with Crippen LogP contribution in [0.4, 0.5) is 0 Å². The molecule has 1 unspecified atom stereocenters. The van der Waals surface area contributed by atoms with Crippen LogP contribution < -0.4 is 5.73 Å². The van der Waals surface area contributed by atoms with Gasteiger partial charge in [-0.2, -0.15) is 15.0 Å². The molecular formula is C15H13ClN4. The number of nitrogens with two attached hydrogens (primary N) is 1. The monoisotopic (exact) mass is 284 g/mol. The zero-order valence-corrected chi connectivity index (χ0v) is 11.4. The SMILES string of the molecule is NC(c1ccc(Cl)cc1)c1cnn(-c2ccccc2)n1. The summed E-state index contributed by atoms with van der Waals surface area (Å²) in [4.78, 5) is 1.57. The first-order valence-electron chi connectivity index (χ1n) is 6.23. The van der Waals surface area contributed by atoms with Gasteiger partial charge in [0.2, 0.25) is 0 Å². The van der Waals surface area contributed by atoms with Crippen LogP contribution in [0.3, 0.4) is 0 Å². The first-order chi connectivity index (χ1) is 9.74.